The van der Waals surface area contributed by atoms with Crippen molar-refractivity contribution < 1.29 is 19.1 Å². The smallest absolute Gasteiger partial charge is 0.343 e. The molecule has 2 aromatic carbocycles. The number of ketones is 1. The average molecular weight is 460 g/mol. The van der Waals surface area contributed by atoms with E-state index in [0.29, 0.717) is 15.2 Å². The number of rotatable bonds is 5. The molecule has 0 radical (unpaired) electrons. The van der Waals surface area contributed by atoms with Gasteiger partial charge in [-0.2, -0.15) is 0 Å². The van der Waals surface area contributed by atoms with E-state index in [1.54, 1.807) is 51.1 Å². The van der Waals surface area contributed by atoms with E-state index in [0.717, 1.165) is 0 Å². The molecule has 4 nitrogen and oxygen atoms in total. The van der Waals surface area contributed by atoms with E-state index in [1.165, 1.54) is 12.1 Å². The number of benzene rings is 2. The van der Waals surface area contributed by atoms with Gasteiger partial charge in [0.2, 0.25) is 5.56 Å². The van der Waals surface area contributed by atoms with Gasteiger partial charge in [-0.15, -0.1) is 0 Å². The first-order valence-electron chi connectivity index (χ1n) is 7.71. The highest BCUT2D eigenvalue weighted by Gasteiger charge is 2.30. The highest BCUT2D eigenvalue weighted by atomic mass is 79.9. The Balaban J connectivity index is 2.13. The Bertz CT molecular complexity index is 831. The summed E-state index contributed by atoms with van der Waals surface area (Å²) >= 11 is 15.3. The van der Waals surface area contributed by atoms with Crippen molar-refractivity contribution in [3.05, 3.63) is 57.5 Å². The Labute approximate surface area is 170 Å². The van der Waals surface area contributed by atoms with Crippen LogP contribution in [-0.2, 0) is 4.79 Å². The van der Waals surface area contributed by atoms with E-state index in [9.17, 15) is 9.59 Å². The summed E-state index contributed by atoms with van der Waals surface area (Å²) in [6.45, 7) is 5.28. The lowest BCUT2D eigenvalue weighted by Crippen LogP contribution is -2.32. The molecule has 0 saturated heterocycles. The topological polar surface area (TPSA) is 52.6 Å². The minimum atomic E-state index is -1.13. The van der Waals surface area contributed by atoms with Gasteiger partial charge in [-0.25, -0.2) is 4.79 Å². The molecule has 2 rings (SSSR count). The molecule has 0 aliphatic heterocycles. The van der Waals surface area contributed by atoms with Crippen LogP contribution in [0.5, 0.6) is 11.5 Å². The summed E-state index contributed by atoms with van der Waals surface area (Å²) in [5.41, 5.74) is -1.47. The largest absolute Gasteiger partial charge is 0.466 e. The van der Waals surface area contributed by atoms with E-state index >= 15 is 0 Å². The predicted octanol–water partition coefficient (Wildman–Crippen LogP) is 5.88. The van der Waals surface area contributed by atoms with Crippen LogP contribution < -0.4 is 9.47 Å². The zero-order valence-electron chi connectivity index (χ0n) is 14.4. The van der Waals surface area contributed by atoms with Gasteiger partial charge in [0.1, 0.15) is 11.5 Å². The first-order chi connectivity index (χ1) is 12.1. The standard InChI is InChI=1S/C19H17BrCl2O4/c1-19(2,3)16(23)17(22)25-14-9-8-11(10-12(14)20)18(24)26-15-7-5-4-6-13(15)21/h4-10,17H,1-3H3. The normalized spacial score (nSPS) is 12.4. The summed E-state index contributed by atoms with van der Waals surface area (Å²) in [6, 6.07) is 11.3. The SMILES string of the molecule is CC(C)(C)C(=O)C(Cl)Oc1ccc(C(=O)Oc2ccccc2Cl)cc1Br. The van der Waals surface area contributed by atoms with Crippen molar-refractivity contribution in [1.82, 2.24) is 0 Å². The molecule has 0 aromatic heterocycles. The molecule has 0 spiro atoms. The Morgan fingerprint density at radius 2 is 1.73 bits per heavy atom. The van der Waals surface area contributed by atoms with Crippen LogP contribution in [0.25, 0.3) is 0 Å². The number of para-hydroxylation sites is 1. The maximum absolute atomic E-state index is 12.3. The van der Waals surface area contributed by atoms with Crippen molar-refractivity contribution in [3.8, 4) is 11.5 Å². The average Bonchev–Trinajstić information content (AvgIpc) is 2.57. The van der Waals surface area contributed by atoms with Crippen LogP contribution in [0.2, 0.25) is 5.02 Å². The molecule has 0 aliphatic rings. The first-order valence-corrected chi connectivity index (χ1v) is 9.31. The minimum absolute atomic E-state index is 0.242. The van der Waals surface area contributed by atoms with Gasteiger partial charge in [-0.05, 0) is 46.3 Å². The lowest BCUT2D eigenvalue weighted by atomic mass is 9.91. The van der Waals surface area contributed by atoms with Crippen molar-refractivity contribution in [2.24, 2.45) is 5.41 Å². The van der Waals surface area contributed by atoms with Gasteiger partial charge >= 0.3 is 5.97 Å². The third kappa shape index (κ3) is 5.22. The second-order valence-electron chi connectivity index (χ2n) is 6.51. The molecular formula is C19H17BrCl2O4. The molecule has 7 heteroatoms. The molecule has 0 fully saturated rings. The van der Waals surface area contributed by atoms with Gasteiger partial charge in [0, 0.05) is 5.41 Å². The fourth-order valence-electron chi connectivity index (χ4n) is 1.92. The van der Waals surface area contributed by atoms with Crippen LogP contribution in [0.15, 0.2) is 46.9 Å². The fourth-order valence-corrected chi connectivity index (χ4v) is 2.98. The van der Waals surface area contributed by atoms with Crippen LogP contribution in [0.1, 0.15) is 31.1 Å². The van der Waals surface area contributed by atoms with Gasteiger partial charge in [0.25, 0.3) is 0 Å². The van der Waals surface area contributed by atoms with Crippen LogP contribution >= 0.6 is 39.1 Å². The van der Waals surface area contributed by atoms with Crippen LogP contribution in [-0.4, -0.2) is 17.3 Å². The number of hydrogen-bond acceptors (Lipinski definition) is 4. The molecule has 0 bridgehead atoms. The quantitative estimate of drug-likeness (QED) is 0.318. The van der Waals surface area contributed by atoms with Gasteiger partial charge < -0.3 is 9.47 Å². The molecule has 0 saturated carbocycles. The monoisotopic (exact) mass is 458 g/mol. The van der Waals surface area contributed by atoms with E-state index in [2.05, 4.69) is 15.9 Å². The minimum Gasteiger partial charge on any atom is -0.466 e. The zero-order chi connectivity index (χ0) is 19.5. The fraction of sp³-hybridized carbons (Fsp3) is 0.263. The number of Topliss-reactive ketones (excluding diaryl/α,β-unsaturated/α-hetero) is 1. The molecule has 0 heterocycles. The van der Waals surface area contributed by atoms with Gasteiger partial charge in [-0.1, -0.05) is 56.1 Å². The summed E-state index contributed by atoms with van der Waals surface area (Å²) in [5, 5.41) is 0.338. The molecule has 1 unspecified atom stereocenters. The third-order valence-electron chi connectivity index (χ3n) is 3.38. The summed E-state index contributed by atoms with van der Waals surface area (Å²) < 4.78 is 11.2. The van der Waals surface area contributed by atoms with Crippen molar-refractivity contribution >= 4 is 50.9 Å². The Kier molecular flexibility index (Phi) is 6.72. The van der Waals surface area contributed by atoms with Crippen molar-refractivity contribution in [3.63, 3.8) is 0 Å². The van der Waals surface area contributed by atoms with Crippen LogP contribution in [0.4, 0.5) is 0 Å². The van der Waals surface area contributed by atoms with Crippen molar-refractivity contribution in [2.75, 3.05) is 0 Å². The number of esters is 1. The highest BCUT2D eigenvalue weighted by molar-refractivity contribution is 9.10. The van der Waals surface area contributed by atoms with E-state index < -0.39 is 16.9 Å². The Hall–Kier alpha value is -1.56. The van der Waals surface area contributed by atoms with Gasteiger partial charge in [0.15, 0.2) is 5.78 Å². The number of ether oxygens (including phenoxy) is 2. The molecule has 0 aliphatic carbocycles. The molecule has 26 heavy (non-hydrogen) atoms. The molecular weight excluding hydrogens is 443 g/mol. The second kappa shape index (κ2) is 8.42. The maximum atomic E-state index is 12.3. The summed E-state index contributed by atoms with van der Waals surface area (Å²) in [5.74, 6) is -0.198. The second-order valence-corrected chi connectivity index (χ2v) is 8.17. The van der Waals surface area contributed by atoms with Gasteiger partial charge in [0.05, 0.1) is 15.1 Å². The summed E-state index contributed by atoms with van der Waals surface area (Å²) in [6.07, 6.45) is 0. The van der Waals surface area contributed by atoms with Gasteiger partial charge in [-0.3, -0.25) is 4.79 Å². The molecule has 0 amide bonds. The zero-order valence-corrected chi connectivity index (χ0v) is 17.5. The molecule has 1 atom stereocenters. The van der Waals surface area contributed by atoms with Crippen molar-refractivity contribution in [1.29, 1.82) is 0 Å². The number of carbonyl (C=O) groups is 2. The summed E-state index contributed by atoms with van der Waals surface area (Å²) in [7, 11) is 0. The van der Waals surface area contributed by atoms with E-state index in [-0.39, 0.29) is 17.1 Å². The van der Waals surface area contributed by atoms with Crippen molar-refractivity contribution in [2.45, 2.75) is 26.3 Å². The number of alkyl halides is 1. The lowest BCUT2D eigenvalue weighted by Gasteiger charge is -2.21. The van der Waals surface area contributed by atoms with Crippen LogP contribution in [0, 0.1) is 5.41 Å². The summed E-state index contributed by atoms with van der Waals surface area (Å²) in [4.78, 5) is 24.4. The molecule has 138 valence electrons. The Morgan fingerprint density at radius 1 is 1.08 bits per heavy atom. The molecule has 0 N–H and O–H groups in total. The molecule has 2 aromatic rings. The van der Waals surface area contributed by atoms with Crippen LogP contribution in [0.3, 0.4) is 0 Å². The number of halogens is 3. The third-order valence-corrected chi connectivity index (χ3v) is 4.60. The lowest BCUT2D eigenvalue weighted by molar-refractivity contribution is -0.130. The van der Waals surface area contributed by atoms with E-state index in [1.807, 2.05) is 0 Å². The predicted molar refractivity (Wildman–Crippen MR) is 105 cm³/mol. The number of hydrogen-bond donors (Lipinski definition) is 0. The number of carbonyl (C=O) groups excluding carboxylic acids is 2. The highest BCUT2D eigenvalue weighted by Crippen LogP contribution is 2.30. The maximum Gasteiger partial charge on any atom is 0.343 e. The van der Waals surface area contributed by atoms with E-state index in [4.69, 9.17) is 32.7 Å². The Morgan fingerprint density at radius 3 is 2.31 bits per heavy atom. The first kappa shape index (κ1) is 20.7.